The second-order valence-electron chi connectivity index (χ2n) is 5.33. The number of benzene rings is 1. The highest BCUT2D eigenvalue weighted by Gasteiger charge is 2.26. The SMILES string of the molecule is NCC1CCC(C(=O)Cc2cc(Br)ccc2F)CC1. The van der Waals surface area contributed by atoms with Crippen LogP contribution in [0, 0.1) is 17.7 Å². The molecule has 0 bridgehead atoms. The molecule has 1 aromatic carbocycles. The maximum Gasteiger partial charge on any atom is 0.140 e. The summed E-state index contributed by atoms with van der Waals surface area (Å²) in [5, 5.41) is 0. The minimum Gasteiger partial charge on any atom is -0.330 e. The standard InChI is InChI=1S/C15H19BrFNO/c16-13-5-6-14(17)12(7-13)8-15(19)11-3-1-10(9-18)2-4-11/h5-7,10-11H,1-4,8-9,18H2. The van der Waals surface area contributed by atoms with Gasteiger partial charge >= 0.3 is 0 Å². The summed E-state index contributed by atoms with van der Waals surface area (Å²) in [6.07, 6.45) is 4.04. The summed E-state index contributed by atoms with van der Waals surface area (Å²) in [5.41, 5.74) is 6.13. The van der Waals surface area contributed by atoms with Gasteiger partial charge in [-0.25, -0.2) is 4.39 Å². The lowest BCUT2D eigenvalue weighted by molar-refractivity contribution is -0.123. The molecule has 0 radical (unpaired) electrons. The lowest BCUT2D eigenvalue weighted by Crippen LogP contribution is -2.26. The van der Waals surface area contributed by atoms with Crippen LogP contribution in [-0.4, -0.2) is 12.3 Å². The second kappa shape index (κ2) is 6.62. The van der Waals surface area contributed by atoms with Crippen LogP contribution < -0.4 is 5.73 Å². The number of hydrogen-bond acceptors (Lipinski definition) is 2. The maximum atomic E-state index is 13.6. The van der Waals surface area contributed by atoms with Gasteiger partial charge in [0.1, 0.15) is 11.6 Å². The average Bonchev–Trinajstić information content (AvgIpc) is 2.43. The fourth-order valence-electron chi connectivity index (χ4n) is 2.73. The third kappa shape index (κ3) is 3.86. The number of hydrogen-bond donors (Lipinski definition) is 1. The molecule has 19 heavy (non-hydrogen) atoms. The zero-order valence-electron chi connectivity index (χ0n) is 10.9. The lowest BCUT2D eigenvalue weighted by Gasteiger charge is -2.26. The highest BCUT2D eigenvalue weighted by Crippen LogP contribution is 2.30. The quantitative estimate of drug-likeness (QED) is 0.920. The van der Waals surface area contributed by atoms with Crippen molar-refractivity contribution in [3.63, 3.8) is 0 Å². The molecule has 1 aliphatic carbocycles. The van der Waals surface area contributed by atoms with Crippen LogP contribution >= 0.6 is 15.9 Å². The molecule has 0 heterocycles. The number of Topliss-reactive ketones (excluding diaryl/α,β-unsaturated/α-hetero) is 1. The molecule has 1 aliphatic rings. The molecule has 0 aliphatic heterocycles. The molecule has 2 nitrogen and oxygen atoms in total. The van der Waals surface area contributed by atoms with Gasteiger partial charge in [0, 0.05) is 16.8 Å². The smallest absolute Gasteiger partial charge is 0.140 e. The summed E-state index contributed by atoms with van der Waals surface area (Å²) in [5.74, 6) is 0.507. The Morgan fingerprint density at radius 3 is 2.63 bits per heavy atom. The average molecular weight is 328 g/mol. The predicted octanol–water partition coefficient (Wildman–Crippen LogP) is 3.46. The number of carbonyl (C=O) groups is 1. The van der Waals surface area contributed by atoms with Crippen LogP contribution in [-0.2, 0) is 11.2 Å². The first-order valence-corrected chi connectivity index (χ1v) is 7.56. The summed E-state index contributed by atoms with van der Waals surface area (Å²) in [4.78, 5) is 12.2. The Labute approximate surface area is 121 Å². The van der Waals surface area contributed by atoms with Gasteiger partial charge in [-0.2, -0.15) is 0 Å². The molecule has 1 saturated carbocycles. The number of carbonyl (C=O) groups excluding carboxylic acids is 1. The molecule has 104 valence electrons. The van der Waals surface area contributed by atoms with Crippen molar-refractivity contribution in [2.75, 3.05) is 6.54 Å². The summed E-state index contributed by atoms with van der Waals surface area (Å²) >= 11 is 3.31. The third-order valence-electron chi connectivity index (χ3n) is 4.01. The van der Waals surface area contributed by atoms with E-state index in [4.69, 9.17) is 5.73 Å². The Hall–Kier alpha value is -0.740. The van der Waals surface area contributed by atoms with E-state index in [-0.39, 0.29) is 23.9 Å². The molecule has 0 spiro atoms. The molecule has 0 aromatic heterocycles. The number of ketones is 1. The summed E-state index contributed by atoms with van der Waals surface area (Å²) in [6.45, 7) is 0.709. The summed E-state index contributed by atoms with van der Waals surface area (Å²) in [6, 6.07) is 4.74. The molecule has 0 amide bonds. The highest BCUT2D eigenvalue weighted by molar-refractivity contribution is 9.10. The van der Waals surface area contributed by atoms with Gasteiger partial charge in [0.2, 0.25) is 0 Å². The molecule has 0 unspecified atom stereocenters. The molecule has 1 fully saturated rings. The molecule has 4 heteroatoms. The summed E-state index contributed by atoms with van der Waals surface area (Å²) in [7, 11) is 0. The zero-order valence-corrected chi connectivity index (χ0v) is 12.5. The van der Waals surface area contributed by atoms with Crippen LogP contribution in [0.25, 0.3) is 0 Å². The Morgan fingerprint density at radius 1 is 1.32 bits per heavy atom. The number of halogens is 2. The van der Waals surface area contributed by atoms with E-state index in [1.165, 1.54) is 6.07 Å². The number of rotatable bonds is 4. The third-order valence-corrected chi connectivity index (χ3v) is 4.50. The van der Waals surface area contributed by atoms with Crippen molar-refractivity contribution < 1.29 is 9.18 Å². The lowest BCUT2D eigenvalue weighted by atomic mass is 9.79. The van der Waals surface area contributed by atoms with Gasteiger partial charge in [-0.15, -0.1) is 0 Å². The topological polar surface area (TPSA) is 43.1 Å². The molecule has 2 N–H and O–H groups in total. The van der Waals surface area contributed by atoms with E-state index in [1.54, 1.807) is 12.1 Å². The van der Waals surface area contributed by atoms with Crippen molar-refractivity contribution in [1.82, 2.24) is 0 Å². The first-order chi connectivity index (χ1) is 9.10. The van der Waals surface area contributed by atoms with E-state index in [0.29, 0.717) is 18.0 Å². The van der Waals surface area contributed by atoms with Crippen LogP contribution in [0.3, 0.4) is 0 Å². The van der Waals surface area contributed by atoms with E-state index in [2.05, 4.69) is 15.9 Å². The van der Waals surface area contributed by atoms with Crippen molar-refractivity contribution in [3.8, 4) is 0 Å². The molecule has 0 atom stereocenters. The van der Waals surface area contributed by atoms with Gasteiger partial charge in [-0.1, -0.05) is 15.9 Å². The second-order valence-corrected chi connectivity index (χ2v) is 6.25. The molecule has 1 aromatic rings. The molecular weight excluding hydrogens is 309 g/mol. The van der Waals surface area contributed by atoms with Crippen molar-refractivity contribution in [2.45, 2.75) is 32.1 Å². The van der Waals surface area contributed by atoms with Crippen LogP contribution in [0.1, 0.15) is 31.2 Å². The summed E-state index contributed by atoms with van der Waals surface area (Å²) < 4.78 is 14.4. The van der Waals surface area contributed by atoms with E-state index < -0.39 is 0 Å². The highest BCUT2D eigenvalue weighted by atomic mass is 79.9. The molecular formula is C15H19BrFNO. The first kappa shape index (κ1) is 14.7. The van der Waals surface area contributed by atoms with Gasteiger partial charge in [0.15, 0.2) is 0 Å². The Morgan fingerprint density at radius 2 is 2.00 bits per heavy atom. The van der Waals surface area contributed by atoms with Gasteiger partial charge in [-0.05, 0) is 61.9 Å². The van der Waals surface area contributed by atoms with E-state index in [0.717, 1.165) is 30.2 Å². The molecule has 0 saturated heterocycles. The zero-order chi connectivity index (χ0) is 13.8. The van der Waals surface area contributed by atoms with Gasteiger partial charge in [0.25, 0.3) is 0 Å². The predicted molar refractivity (Wildman–Crippen MR) is 77.3 cm³/mol. The largest absolute Gasteiger partial charge is 0.330 e. The number of nitrogens with two attached hydrogens (primary N) is 1. The fraction of sp³-hybridized carbons (Fsp3) is 0.533. The molecule has 2 rings (SSSR count). The van der Waals surface area contributed by atoms with E-state index in [9.17, 15) is 9.18 Å². The minimum absolute atomic E-state index is 0.0844. The maximum absolute atomic E-state index is 13.6. The van der Waals surface area contributed by atoms with Gasteiger partial charge in [-0.3, -0.25) is 4.79 Å². The normalized spacial score (nSPS) is 23.3. The van der Waals surface area contributed by atoms with E-state index in [1.807, 2.05) is 0 Å². The van der Waals surface area contributed by atoms with Crippen molar-refractivity contribution in [1.29, 1.82) is 0 Å². The Balaban J connectivity index is 1.96. The van der Waals surface area contributed by atoms with Crippen molar-refractivity contribution in [3.05, 3.63) is 34.1 Å². The fourth-order valence-corrected chi connectivity index (χ4v) is 3.14. The minimum atomic E-state index is -0.299. The Kier molecular flexibility index (Phi) is 5.11. The van der Waals surface area contributed by atoms with Crippen LogP contribution in [0.4, 0.5) is 4.39 Å². The monoisotopic (exact) mass is 327 g/mol. The van der Waals surface area contributed by atoms with Crippen molar-refractivity contribution >= 4 is 21.7 Å². The van der Waals surface area contributed by atoms with E-state index >= 15 is 0 Å². The Bertz CT molecular complexity index is 455. The van der Waals surface area contributed by atoms with Gasteiger partial charge < -0.3 is 5.73 Å². The van der Waals surface area contributed by atoms with Crippen LogP contribution in [0.15, 0.2) is 22.7 Å². The first-order valence-electron chi connectivity index (χ1n) is 6.77. The van der Waals surface area contributed by atoms with Crippen molar-refractivity contribution in [2.24, 2.45) is 17.6 Å². The van der Waals surface area contributed by atoms with Gasteiger partial charge in [0.05, 0.1) is 0 Å². The van der Waals surface area contributed by atoms with Crippen LogP contribution in [0.5, 0.6) is 0 Å². The van der Waals surface area contributed by atoms with Crippen LogP contribution in [0.2, 0.25) is 0 Å².